The summed E-state index contributed by atoms with van der Waals surface area (Å²) in [6, 6.07) is 5.70. The third-order valence-corrected chi connectivity index (χ3v) is 5.76. The molecule has 5 heteroatoms. The molecule has 1 amide bonds. The van der Waals surface area contributed by atoms with E-state index < -0.39 is 0 Å². The van der Waals surface area contributed by atoms with Crippen molar-refractivity contribution in [2.75, 3.05) is 20.3 Å². The number of amides is 1. The van der Waals surface area contributed by atoms with E-state index in [0.717, 1.165) is 18.4 Å². The highest BCUT2D eigenvalue weighted by Gasteiger charge is 2.07. The second kappa shape index (κ2) is 20.6. The molecule has 1 rings (SSSR count). The molecule has 0 heterocycles. The molecule has 0 aliphatic rings. The molecule has 0 radical (unpaired) electrons. The van der Waals surface area contributed by atoms with Crippen LogP contribution in [-0.4, -0.2) is 26.2 Å². The maximum atomic E-state index is 12.1. The van der Waals surface area contributed by atoms with Crippen LogP contribution in [0.15, 0.2) is 30.4 Å². The zero-order chi connectivity index (χ0) is 24.0. The van der Waals surface area contributed by atoms with Crippen LogP contribution in [-0.2, 0) is 11.3 Å². The molecular formula is C28H48N2O3. The van der Waals surface area contributed by atoms with Gasteiger partial charge in [-0.2, -0.15) is 0 Å². The van der Waals surface area contributed by atoms with Gasteiger partial charge in [-0.15, -0.1) is 0 Å². The van der Waals surface area contributed by atoms with E-state index >= 15 is 0 Å². The van der Waals surface area contributed by atoms with Crippen LogP contribution in [0.1, 0.15) is 102 Å². The molecular weight excluding hydrogens is 412 g/mol. The number of methoxy groups -OCH3 is 1. The molecule has 0 aliphatic heterocycles. The van der Waals surface area contributed by atoms with E-state index in [2.05, 4.69) is 24.4 Å². The Labute approximate surface area is 202 Å². The summed E-state index contributed by atoms with van der Waals surface area (Å²) < 4.78 is 10.9. The Morgan fingerprint density at radius 1 is 0.909 bits per heavy atom. The minimum Gasteiger partial charge on any atom is -0.493 e. The lowest BCUT2D eigenvalue weighted by Crippen LogP contribution is -2.22. The Hall–Kier alpha value is -2.01. The van der Waals surface area contributed by atoms with Gasteiger partial charge in [-0.05, 0) is 49.8 Å². The van der Waals surface area contributed by atoms with Gasteiger partial charge in [0.1, 0.15) is 6.61 Å². The predicted molar refractivity (Wildman–Crippen MR) is 139 cm³/mol. The second-order valence-corrected chi connectivity index (χ2v) is 8.73. The minimum absolute atomic E-state index is 0.107. The fourth-order valence-corrected chi connectivity index (χ4v) is 3.76. The second-order valence-electron chi connectivity index (χ2n) is 8.73. The number of carbonyl (C=O) groups excluding carboxylic acids is 1. The molecule has 5 nitrogen and oxygen atoms in total. The molecule has 0 aliphatic carbocycles. The van der Waals surface area contributed by atoms with Gasteiger partial charge in [0.2, 0.25) is 5.91 Å². The van der Waals surface area contributed by atoms with Gasteiger partial charge >= 0.3 is 0 Å². The number of nitrogens with one attached hydrogen (secondary N) is 1. The molecule has 0 aromatic heterocycles. The van der Waals surface area contributed by atoms with Crippen molar-refractivity contribution >= 4 is 5.91 Å². The fraction of sp³-hybridized carbons (Fsp3) is 0.679. The summed E-state index contributed by atoms with van der Waals surface area (Å²) in [6.07, 6.45) is 21.7. The topological polar surface area (TPSA) is 73.6 Å². The molecule has 3 N–H and O–H groups in total. The van der Waals surface area contributed by atoms with Gasteiger partial charge in [0.05, 0.1) is 7.11 Å². The molecule has 0 saturated heterocycles. The van der Waals surface area contributed by atoms with Crippen LogP contribution in [0.2, 0.25) is 0 Å². The summed E-state index contributed by atoms with van der Waals surface area (Å²) >= 11 is 0. The lowest BCUT2D eigenvalue weighted by atomic mass is 10.1. The van der Waals surface area contributed by atoms with E-state index in [9.17, 15) is 4.79 Å². The normalized spacial score (nSPS) is 11.1. The Morgan fingerprint density at radius 2 is 1.55 bits per heavy atom. The third-order valence-electron chi connectivity index (χ3n) is 5.76. The number of benzene rings is 1. The van der Waals surface area contributed by atoms with Gasteiger partial charge in [0, 0.05) is 19.5 Å². The summed E-state index contributed by atoms with van der Waals surface area (Å²) in [5.41, 5.74) is 6.47. The summed E-state index contributed by atoms with van der Waals surface area (Å²) in [4.78, 5) is 12.1. The van der Waals surface area contributed by atoms with Crippen LogP contribution in [0.25, 0.3) is 0 Å². The number of ether oxygens (including phenoxy) is 2. The van der Waals surface area contributed by atoms with E-state index in [0.29, 0.717) is 37.6 Å². The summed E-state index contributed by atoms with van der Waals surface area (Å²) in [5.74, 6) is 1.44. The Kier molecular flexibility index (Phi) is 18.1. The van der Waals surface area contributed by atoms with E-state index in [1.165, 1.54) is 70.6 Å². The molecule has 0 atom stereocenters. The Bertz CT molecular complexity index is 646. The molecule has 0 fully saturated rings. The number of unbranched alkanes of at least 4 members (excludes halogenated alkanes) is 11. The van der Waals surface area contributed by atoms with Crippen molar-refractivity contribution < 1.29 is 14.3 Å². The predicted octanol–water partition coefficient (Wildman–Crippen LogP) is 6.69. The molecule has 0 spiro atoms. The van der Waals surface area contributed by atoms with Crippen LogP contribution in [0.3, 0.4) is 0 Å². The number of hydrogen-bond donors (Lipinski definition) is 2. The maximum absolute atomic E-state index is 12.1. The average Bonchev–Trinajstić information content (AvgIpc) is 2.84. The van der Waals surface area contributed by atoms with Gasteiger partial charge in [0.15, 0.2) is 11.5 Å². The number of nitrogens with two attached hydrogens (primary N) is 1. The first-order chi connectivity index (χ1) is 16.2. The zero-order valence-electron chi connectivity index (χ0n) is 21.2. The highest BCUT2D eigenvalue weighted by molar-refractivity contribution is 5.75. The number of carbonyl (C=O) groups is 1. The van der Waals surface area contributed by atoms with Gasteiger partial charge < -0.3 is 20.5 Å². The van der Waals surface area contributed by atoms with Crippen molar-refractivity contribution in [1.29, 1.82) is 0 Å². The fourth-order valence-electron chi connectivity index (χ4n) is 3.76. The van der Waals surface area contributed by atoms with Crippen LogP contribution < -0.4 is 20.5 Å². The van der Waals surface area contributed by atoms with Crippen molar-refractivity contribution in [1.82, 2.24) is 5.32 Å². The molecule has 0 bridgehead atoms. The molecule has 0 unspecified atom stereocenters. The SMILES string of the molecule is CCCCCCCC/C=C\CCCCCCCC(=O)NCc1ccc(OCCN)c(OC)c1. The molecule has 1 aromatic carbocycles. The lowest BCUT2D eigenvalue weighted by molar-refractivity contribution is -0.121. The van der Waals surface area contributed by atoms with E-state index in [4.69, 9.17) is 15.2 Å². The minimum atomic E-state index is 0.107. The van der Waals surface area contributed by atoms with E-state index in [-0.39, 0.29) is 5.91 Å². The van der Waals surface area contributed by atoms with Gasteiger partial charge in [0.25, 0.3) is 0 Å². The van der Waals surface area contributed by atoms with Crippen molar-refractivity contribution in [3.63, 3.8) is 0 Å². The van der Waals surface area contributed by atoms with Crippen LogP contribution >= 0.6 is 0 Å². The van der Waals surface area contributed by atoms with Crippen LogP contribution in [0.4, 0.5) is 0 Å². The Morgan fingerprint density at radius 3 is 2.18 bits per heavy atom. The van der Waals surface area contributed by atoms with Crippen LogP contribution in [0, 0.1) is 0 Å². The summed E-state index contributed by atoms with van der Waals surface area (Å²) in [6.45, 7) is 3.67. The van der Waals surface area contributed by atoms with Crippen molar-refractivity contribution in [3.8, 4) is 11.5 Å². The highest BCUT2D eigenvalue weighted by Crippen LogP contribution is 2.28. The first kappa shape index (κ1) is 29.0. The van der Waals surface area contributed by atoms with Gasteiger partial charge in [-0.1, -0.05) is 76.5 Å². The monoisotopic (exact) mass is 460 g/mol. The quantitative estimate of drug-likeness (QED) is 0.158. The highest BCUT2D eigenvalue weighted by atomic mass is 16.5. The first-order valence-corrected chi connectivity index (χ1v) is 13.1. The van der Waals surface area contributed by atoms with Crippen molar-refractivity contribution in [3.05, 3.63) is 35.9 Å². The first-order valence-electron chi connectivity index (χ1n) is 13.1. The average molecular weight is 461 g/mol. The lowest BCUT2D eigenvalue weighted by Gasteiger charge is -2.12. The maximum Gasteiger partial charge on any atom is 0.220 e. The zero-order valence-corrected chi connectivity index (χ0v) is 21.2. The third kappa shape index (κ3) is 15.5. The number of allylic oxidation sites excluding steroid dienone is 2. The van der Waals surface area contributed by atoms with Crippen LogP contribution in [0.5, 0.6) is 11.5 Å². The van der Waals surface area contributed by atoms with Crippen molar-refractivity contribution in [2.45, 2.75) is 103 Å². The molecule has 33 heavy (non-hydrogen) atoms. The smallest absolute Gasteiger partial charge is 0.220 e. The van der Waals surface area contributed by atoms with Gasteiger partial charge in [-0.3, -0.25) is 4.79 Å². The summed E-state index contributed by atoms with van der Waals surface area (Å²) in [7, 11) is 1.61. The Balaban J connectivity index is 2.01. The largest absolute Gasteiger partial charge is 0.493 e. The van der Waals surface area contributed by atoms with E-state index in [1.807, 2.05) is 18.2 Å². The molecule has 0 saturated carbocycles. The molecule has 188 valence electrons. The standard InChI is InChI=1S/C28H48N2O3/c1-3-4-5-6-7-8-9-10-11-12-13-14-15-16-17-18-28(31)30-24-25-19-20-26(33-22-21-29)27(23-25)32-2/h10-11,19-20,23H,3-9,12-18,21-22,24,29H2,1-2H3,(H,30,31)/b11-10-. The van der Waals surface area contributed by atoms with E-state index in [1.54, 1.807) is 7.11 Å². The summed E-state index contributed by atoms with van der Waals surface area (Å²) in [5, 5.41) is 3.00. The van der Waals surface area contributed by atoms with Gasteiger partial charge in [-0.25, -0.2) is 0 Å². The number of hydrogen-bond acceptors (Lipinski definition) is 4. The number of rotatable bonds is 21. The van der Waals surface area contributed by atoms with Crippen molar-refractivity contribution in [2.24, 2.45) is 5.73 Å². The molecule has 1 aromatic rings.